The van der Waals surface area contributed by atoms with Crippen molar-refractivity contribution in [1.29, 1.82) is 0 Å². The minimum absolute atomic E-state index is 0.495. The smallest absolute Gasteiger partial charge is 0.328 e. The molecule has 4 heteroatoms. The number of aromatic nitrogens is 2. The van der Waals surface area contributed by atoms with Crippen LogP contribution >= 0.6 is 0 Å². The van der Waals surface area contributed by atoms with Crippen LogP contribution in [0.5, 0.6) is 0 Å². The zero-order valence-electron chi connectivity index (χ0n) is 9.89. The second-order valence-electron chi connectivity index (χ2n) is 4.45. The topological polar surface area (TPSA) is 63.1 Å². The maximum atomic E-state index is 10.5. The van der Waals surface area contributed by atoms with Crippen molar-refractivity contribution in [3.05, 3.63) is 29.4 Å². The Morgan fingerprint density at radius 1 is 1.41 bits per heavy atom. The molecule has 0 unspecified atom stereocenters. The van der Waals surface area contributed by atoms with E-state index in [1.165, 1.54) is 31.8 Å². The minimum atomic E-state index is -0.975. The van der Waals surface area contributed by atoms with Gasteiger partial charge in [0.25, 0.3) is 0 Å². The molecule has 0 aliphatic heterocycles. The fraction of sp³-hybridized carbons (Fsp3) is 0.462. The van der Waals surface area contributed by atoms with E-state index in [1.807, 2.05) is 13.0 Å². The van der Waals surface area contributed by atoms with E-state index in [9.17, 15) is 4.79 Å². The molecule has 1 saturated carbocycles. The number of hydrogen-bond acceptors (Lipinski definition) is 3. The van der Waals surface area contributed by atoms with Crippen LogP contribution in [0.2, 0.25) is 0 Å². The molecule has 4 nitrogen and oxygen atoms in total. The van der Waals surface area contributed by atoms with E-state index in [0.717, 1.165) is 17.5 Å². The van der Waals surface area contributed by atoms with Gasteiger partial charge in [-0.1, -0.05) is 12.8 Å². The summed E-state index contributed by atoms with van der Waals surface area (Å²) in [6.07, 6.45) is 7.40. The molecule has 1 aromatic heterocycles. The number of aryl methyl sites for hydroxylation is 1. The number of carbonyl (C=O) groups is 1. The third-order valence-electron chi connectivity index (χ3n) is 3.04. The molecular weight excluding hydrogens is 216 g/mol. The molecule has 0 aromatic carbocycles. The van der Waals surface area contributed by atoms with Gasteiger partial charge in [0, 0.05) is 23.4 Å². The van der Waals surface area contributed by atoms with Crippen LogP contribution in [0.4, 0.5) is 0 Å². The molecule has 0 spiro atoms. The van der Waals surface area contributed by atoms with Gasteiger partial charge in [-0.25, -0.2) is 14.8 Å². The lowest BCUT2D eigenvalue weighted by atomic mass is 10.0. The van der Waals surface area contributed by atoms with Crippen molar-refractivity contribution in [2.24, 2.45) is 0 Å². The van der Waals surface area contributed by atoms with Crippen molar-refractivity contribution < 1.29 is 9.90 Å². The minimum Gasteiger partial charge on any atom is -0.478 e. The maximum absolute atomic E-state index is 10.5. The van der Waals surface area contributed by atoms with Crippen molar-refractivity contribution >= 4 is 12.0 Å². The van der Waals surface area contributed by atoms with Crippen molar-refractivity contribution in [2.45, 2.75) is 38.5 Å². The Morgan fingerprint density at radius 3 is 2.76 bits per heavy atom. The van der Waals surface area contributed by atoms with Crippen LogP contribution in [0.15, 0.2) is 12.1 Å². The molecule has 0 atom stereocenters. The Morgan fingerprint density at radius 2 is 2.12 bits per heavy atom. The number of nitrogens with zero attached hydrogens (tertiary/aromatic N) is 2. The van der Waals surface area contributed by atoms with Crippen LogP contribution < -0.4 is 0 Å². The molecular formula is C13H16N2O2. The van der Waals surface area contributed by atoms with Gasteiger partial charge in [0.2, 0.25) is 0 Å². The van der Waals surface area contributed by atoms with E-state index in [-0.39, 0.29) is 0 Å². The van der Waals surface area contributed by atoms with Gasteiger partial charge >= 0.3 is 5.97 Å². The molecule has 1 aliphatic carbocycles. The van der Waals surface area contributed by atoms with E-state index < -0.39 is 5.97 Å². The Labute approximate surface area is 100 Å². The summed E-state index contributed by atoms with van der Waals surface area (Å²) in [6, 6.07) is 2.01. The maximum Gasteiger partial charge on any atom is 0.328 e. The molecule has 0 radical (unpaired) electrons. The Balaban J connectivity index is 2.25. The van der Waals surface area contributed by atoms with E-state index in [0.29, 0.717) is 11.7 Å². The second-order valence-corrected chi connectivity index (χ2v) is 4.45. The molecule has 1 N–H and O–H groups in total. The lowest BCUT2D eigenvalue weighted by Gasteiger charge is -2.09. The number of carboxylic acids is 1. The molecule has 1 aromatic rings. The highest BCUT2D eigenvalue weighted by Crippen LogP contribution is 2.33. The second kappa shape index (κ2) is 5.08. The van der Waals surface area contributed by atoms with Gasteiger partial charge < -0.3 is 5.11 Å². The number of hydrogen-bond donors (Lipinski definition) is 1. The molecule has 0 amide bonds. The van der Waals surface area contributed by atoms with Crippen LogP contribution in [0, 0.1) is 6.92 Å². The summed E-state index contributed by atoms with van der Waals surface area (Å²) in [5.74, 6) is 0.0421. The summed E-state index contributed by atoms with van der Waals surface area (Å²) in [4.78, 5) is 19.1. The SMILES string of the molecule is Cc1cc(C2CCCC2)nc(/C=C/C(=O)O)n1. The molecule has 1 heterocycles. The van der Waals surface area contributed by atoms with Crippen LogP contribution in [-0.2, 0) is 4.79 Å². The van der Waals surface area contributed by atoms with Crippen molar-refractivity contribution in [1.82, 2.24) is 9.97 Å². The Hall–Kier alpha value is -1.71. The quantitative estimate of drug-likeness (QED) is 0.813. The van der Waals surface area contributed by atoms with Gasteiger partial charge in [0.15, 0.2) is 5.82 Å². The van der Waals surface area contributed by atoms with Crippen LogP contribution in [-0.4, -0.2) is 21.0 Å². The first kappa shape index (κ1) is 11.8. The van der Waals surface area contributed by atoms with E-state index in [2.05, 4.69) is 9.97 Å². The zero-order valence-corrected chi connectivity index (χ0v) is 9.89. The highest BCUT2D eigenvalue weighted by atomic mass is 16.4. The highest BCUT2D eigenvalue weighted by Gasteiger charge is 2.19. The predicted molar refractivity (Wildman–Crippen MR) is 64.6 cm³/mol. The zero-order chi connectivity index (χ0) is 12.3. The summed E-state index contributed by atoms with van der Waals surface area (Å²) < 4.78 is 0. The number of aliphatic carboxylic acids is 1. The summed E-state index contributed by atoms with van der Waals surface area (Å²) >= 11 is 0. The van der Waals surface area contributed by atoms with Crippen LogP contribution in [0.1, 0.15) is 48.8 Å². The fourth-order valence-electron chi connectivity index (χ4n) is 2.27. The van der Waals surface area contributed by atoms with Crippen molar-refractivity contribution in [3.63, 3.8) is 0 Å². The predicted octanol–water partition coefficient (Wildman–Crippen LogP) is 2.54. The first-order chi connectivity index (χ1) is 8.15. The standard InChI is InChI=1S/C13H16N2O2/c1-9-8-11(10-4-2-3-5-10)15-12(14-9)6-7-13(16)17/h6-8,10H,2-5H2,1H3,(H,16,17)/b7-6+. The average Bonchev–Trinajstić information content (AvgIpc) is 2.79. The van der Waals surface area contributed by atoms with Crippen LogP contribution in [0.3, 0.4) is 0 Å². The third-order valence-corrected chi connectivity index (χ3v) is 3.04. The molecule has 17 heavy (non-hydrogen) atoms. The van der Waals surface area contributed by atoms with Crippen molar-refractivity contribution in [2.75, 3.05) is 0 Å². The summed E-state index contributed by atoms with van der Waals surface area (Å²) in [5, 5.41) is 8.58. The normalized spacial score (nSPS) is 16.8. The van der Waals surface area contributed by atoms with E-state index >= 15 is 0 Å². The summed E-state index contributed by atoms with van der Waals surface area (Å²) in [6.45, 7) is 1.91. The van der Waals surface area contributed by atoms with E-state index in [4.69, 9.17) is 5.11 Å². The number of rotatable bonds is 3. The van der Waals surface area contributed by atoms with Crippen molar-refractivity contribution in [3.8, 4) is 0 Å². The largest absolute Gasteiger partial charge is 0.478 e. The number of carboxylic acid groups (broad SMARTS) is 1. The molecule has 0 saturated heterocycles. The first-order valence-corrected chi connectivity index (χ1v) is 5.92. The van der Waals surface area contributed by atoms with E-state index in [1.54, 1.807) is 0 Å². The Bertz CT molecular complexity index is 449. The highest BCUT2D eigenvalue weighted by molar-refractivity contribution is 5.84. The summed E-state index contributed by atoms with van der Waals surface area (Å²) in [7, 11) is 0. The Kier molecular flexibility index (Phi) is 3.52. The molecule has 1 fully saturated rings. The van der Waals surface area contributed by atoms with Gasteiger partial charge in [0.1, 0.15) is 0 Å². The van der Waals surface area contributed by atoms with Gasteiger partial charge in [0.05, 0.1) is 0 Å². The molecule has 2 rings (SSSR count). The first-order valence-electron chi connectivity index (χ1n) is 5.92. The summed E-state index contributed by atoms with van der Waals surface area (Å²) in [5.41, 5.74) is 1.95. The van der Waals surface area contributed by atoms with Gasteiger partial charge in [-0.05, 0) is 31.9 Å². The van der Waals surface area contributed by atoms with Gasteiger partial charge in [-0.15, -0.1) is 0 Å². The van der Waals surface area contributed by atoms with Gasteiger partial charge in [-0.3, -0.25) is 0 Å². The third kappa shape index (κ3) is 3.12. The lowest BCUT2D eigenvalue weighted by Crippen LogP contribution is -2.02. The molecule has 1 aliphatic rings. The average molecular weight is 232 g/mol. The van der Waals surface area contributed by atoms with Crippen LogP contribution in [0.25, 0.3) is 6.08 Å². The molecule has 0 bridgehead atoms. The van der Waals surface area contributed by atoms with Gasteiger partial charge in [-0.2, -0.15) is 0 Å². The monoisotopic (exact) mass is 232 g/mol. The lowest BCUT2D eigenvalue weighted by molar-refractivity contribution is -0.131. The molecule has 90 valence electrons. The fourth-order valence-corrected chi connectivity index (χ4v) is 2.27.